The molecule has 0 aliphatic carbocycles. The van der Waals surface area contributed by atoms with Crippen molar-refractivity contribution in [2.45, 2.75) is 44.7 Å². The maximum atomic E-state index is 13.2. The van der Waals surface area contributed by atoms with Gasteiger partial charge < -0.3 is 10.6 Å². The van der Waals surface area contributed by atoms with Crippen LogP contribution < -0.4 is 11.2 Å². The molecular formula is C25H27N5O2. The fourth-order valence-corrected chi connectivity index (χ4v) is 4.62. The molecule has 0 radical (unpaired) electrons. The van der Waals surface area contributed by atoms with Gasteiger partial charge in [-0.3, -0.25) is 9.59 Å². The Morgan fingerprint density at radius 1 is 0.938 bits per heavy atom. The van der Waals surface area contributed by atoms with E-state index in [9.17, 15) is 9.59 Å². The van der Waals surface area contributed by atoms with Gasteiger partial charge in [-0.1, -0.05) is 48.5 Å². The average Bonchev–Trinajstić information content (AvgIpc) is 3.19. The molecule has 5 rings (SSSR count). The molecule has 1 saturated heterocycles. The molecule has 0 saturated carbocycles. The molecule has 1 aliphatic heterocycles. The third-order valence-electron chi connectivity index (χ3n) is 6.23. The minimum atomic E-state index is -0.507. The Morgan fingerprint density at radius 2 is 1.41 bits per heavy atom. The quantitative estimate of drug-likeness (QED) is 0.539. The van der Waals surface area contributed by atoms with E-state index in [1.165, 1.54) is 0 Å². The largest absolute Gasteiger partial charge is 0.342 e. The minimum absolute atomic E-state index is 0.00259. The summed E-state index contributed by atoms with van der Waals surface area (Å²) < 4.78 is 0. The number of likely N-dealkylation sites (tertiary alicyclic amines) is 1. The number of benzene rings is 2. The molecule has 0 spiro atoms. The zero-order valence-corrected chi connectivity index (χ0v) is 18.4. The van der Waals surface area contributed by atoms with E-state index < -0.39 is 5.54 Å². The van der Waals surface area contributed by atoms with Gasteiger partial charge in [0.2, 0.25) is 5.91 Å². The van der Waals surface area contributed by atoms with Gasteiger partial charge in [0.25, 0.3) is 0 Å². The predicted molar refractivity (Wildman–Crippen MR) is 127 cm³/mol. The summed E-state index contributed by atoms with van der Waals surface area (Å²) in [7, 11) is 0. The third-order valence-corrected chi connectivity index (χ3v) is 6.23. The normalized spacial score (nSPS) is 15.7. The number of nitrogens with zero attached hydrogens (tertiary/aromatic N) is 4. The van der Waals surface area contributed by atoms with Gasteiger partial charge in [0, 0.05) is 46.6 Å². The topological polar surface area (TPSA) is 94.1 Å². The zero-order chi connectivity index (χ0) is 22.5. The Labute approximate surface area is 185 Å². The van der Waals surface area contributed by atoms with E-state index in [0.717, 1.165) is 34.6 Å². The molecular weight excluding hydrogens is 402 g/mol. The molecule has 2 heterocycles. The van der Waals surface area contributed by atoms with Crippen molar-refractivity contribution in [3.05, 3.63) is 58.8 Å². The predicted octanol–water partition coefficient (Wildman–Crippen LogP) is 3.39. The fraction of sp³-hybridized carbons (Fsp3) is 0.360. The van der Waals surface area contributed by atoms with Crippen LogP contribution in [0, 0.1) is 0 Å². The van der Waals surface area contributed by atoms with Gasteiger partial charge in [0.05, 0.1) is 6.04 Å². The summed E-state index contributed by atoms with van der Waals surface area (Å²) >= 11 is 0. The third kappa shape index (κ3) is 3.62. The van der Waals surface area contributed by atoms with Crippen molar-refractivity contribution in [3.63, 3.8) is 0 Å². The second kappa shape index (κ2) is 7.67. The van der Waals surface area contributed by atoms with E-state index in [1.807, 2.05) is 67.3 Å². The first-order chi connectivity index (χ1) is 15.3. The van der Waals surface area contributed by atoms with Crippen LogP contribution in [0.4, 0.5) is 0 Å². The number of carbonyl (C=O) groups is 1. The number of hydrogen-bond acceptors (Lipinski definition) is 5. The van der Waals surface area contributed by atoms with Crippen LogP contribution in [0.2, 0.25) is 0 Å². The number of fused-ring (bicyclic) bond motifs is 5. The molecule has 2 N–H and O–H groups in total. The standard InChI is InChI=1S/C25H27N5O2/c1-25(2,26)15-21(31)29-13-11-16(12-14-29)30-27-22-17-7-3-5-9-19(17)24(32)20-10-6-4-8-18(20)23(22)28-30/h3-10,16H,11-15,26H2,1-2H3. The van der Waals surface area contributed by atoms with Crippen molar-refractivity contribution in [2.75, 3.05) is 13.1 Å². The highest BCUT2D eigenvalue weighted by Crippen LogP contribution is 2.29. The molecule has 1 aliphatic rings. The summed E-state index contributed by atoms with van der Waals surface area (Å²) in [5.74, 6) is 0.0986. The Bertz CT molecular complexity index is 1320. The lowest BCUT2D eigenvalue weighted by atomic mass is 9.99. The summed E-state index contributed by atoms with van der Waals surface area (Å²) in [5.41, 5.74) is 6.99. The number of amides is 1. The van der Waals surface area contributed by atoms with Gasteiger partial charge >= 0.3 is 0 Å². The van der Waals surface area contributed by atoms with E-state index >= 15 is 0 Å². The summed E-state index contributed by atoms with van der Waals surface area (Å²) in [6.45, 7) is 5.08. The molecule has 3 aromatic carbocycles. The summed E-state index contributed by atoms with van der Waals surface area (Å²) in [4.78, 5) is 29.4. The van der Waals surface area contributed by atoms with Crippen molar-refractivity contribution < 1.29 is 4.79 Å². The number of piperidine rings is 1. The van der Waals surface area contributed by atoms with Crippen molar-refractivity contribution in [1.82, 2.24) is 19.9 Å². The Hall–Kier alpha value is -3.32. The van der Waals surface area contributed by atoms with E-state index in [-0.39, 0.29) is 17.4 Å². The number of hydrogen-bond donors (Lipinski definition) is 1. The van der Waals surface area contributed by atoms with Crippen molar-refractivity contribution in [1.29, 1.82) is 0 Å². The summed E-state index contributed by atoms with van der Waals surface area (Å²) in [6, 6.07) is 15.3. The van der Waals surface area contributed by atoms with Gasteiger partial charge in [-0.2, -0.15) is 15.0 Å². The molecule has 1 amide bonds. The highest BCUT2D eigenvalue weighted by atomic mass is 16.2. The van der Waals surface area contributed by atoms with Gasteiger partial charge in [0.15, 0.2) is 5.43 Å². The first-order valence-corrected chi connectivity index (χ1v) is 11.1. The first-order valence-electron chi connectivity index (χ1n) is 11.1. The zero-order valence-electron chi connectivity index (χ0n) is 18.4. The van der Waals surface area contributed by atoms with Crippen LogP contribution in [0.3, 0.4) is 0 Å². The van der Waals surface area contributed by atoms with Crippen LogP contribution in [-0.2, 0) is 4.79 Å². The maximum Gasteiger partial charge on any atom is 0.224 e. The van der Waals surface area contributed by atoms with E-state index in [2.05, 4.69) is 0 Å². The molecule has 7 heteroatoms. The molecule has 7 nitrogen and oxygen atoms in total. The second-order valence-electron chi connectivity index (χ2n) is 9.42. The SMILES string of the molecule is CC(C)(N)CC(=O)N1CCC(n2nc3c4ccccc4c(=O)c4ccccc4c3n2)CC1. The fourth-order valence-electron chi connectivity index (χ4n) is 4.62. The Morgan fingerprint density at radius 3 is 1.88 bits per heavy atom. The van der Waals surface area contributed by atoms with E-state index in [4.69, 9.17) is 15.9 Å². The van der Waals surface area contributed by atoms with Crippen molar-refractivity contribution in [3.8, 4) is 0 Å². The van der Waals surface area contributed by atoms with E-state index in [1.54, 1.807) is 4.80 Å². The number of carbonyl (C=O) groups excluding carboxylic acids is 1. The molecule has 1 fully saturated rings. The van der Waals surface area contributed by atoms with Crippen LogP contribution in [0.5, 0.6) is 0 Å². The van der Waals surface area contributed by atoms with Crippen LogP contribution >= 0.6 is 0 Å². The Balaban J connectivity index is 1.55. The van der Waals surface area contributed by atoms with Gasteiger partial charge in [-0.25, -0.2) is 0 Å². The first kappa shape index (κ1) is 20.6. The molecule has 32 heavy (non-hydrogen) atoms. The van der Waals surface area contributed by atoms with Crippen LogP contribution in [-0.4, -0.2) is 44.4 Å². The van der Waals surface area contributed by atoms with Gasteiger partial charge in [0.1, 0.15) is 11.0 Å². The number of nitrogens with two attached hydrogens (primary N) is 1. The summed E-state index contributed by atoms with van der Waals surface area (Å²) in [6.07, 6.45) is 1.91. The van der Waals surface area contributed by atoms with Crippen LogP contribution in [0.1, 0.15) is 39.2 Å². The van der Waals surface area contributed by atoms with E-state index in [0.29, 0.717) is 30.3 Å². The lowest BCUT2D eigenvalue weighted by molar-refractivity contribution is -0.133. The Kier molecular flexibility index (Phi) is 4.93. The molecule has 0 bridgehead atoms. The molecule has 164 valence electrons. The monoisotopic (exact) mass is 429 g/mol. The smallest absolute Gasteiger partial charge is 0.224 e. The van der Waals surface area contributed by atoms with Crippen molar-refractivity contribution in [2.24, 2.45) is 5.73 Å². The highest BCUT2D eigenvalue weighted by Gasteiger charge is 2.28. The van der Waals surface area contributed by atoms with Crippen LogP contribution in [0.25, 0.3) is 32.6 Å². The minimum Gasteiger partial charge on any atom is -0.342 e. The molecule has 0 atom stereocenters. The molecule has 4 aromatic rings. The maximum absolute atomic E-state index is 13.2. The van der Waals surface area contributed by atoms with Gasteiger partial charge in [-0.15, -0.1) is 0 Å². The lowest BCUT2D eigenvalue weighted by Crippen LogP contribution is -2.44. The molecule has 0 unspecified atom stereocenters. The lowest BCUT2D eigenvalue weighted by Gasteiger charge is -2.33. The summed E-state index contributed by atoms with van der Waals surface area (Å²) in [5, 5.41) is 12.7. The average molecular weight is 430 g/mol. The second-order valence-corrected chi connectivity index (χ2v) is 9.42. The number of aromatic nitrogens is 3. The van der Waals surface area contributed by atoms with Crippen molar-refractivity contribution >= 4 is 38.5 Å². The number of rotatable bonds is 3. The molecule has 1 aromatic heterocycles. The van der Waals surface area contributed by atoms with Crippen LogP contribution in [0.15, 0.2) is 53.3 Å². The van der Waals surface area contributed by atoms with Gasteiger partial charge in [-0.05, 0) is 26.7 Å². The highest BCUT2D eigenvalue weighted by molar-refractivity contribution is 6.13.